The molecule has 0 aliphatic rings. The molecule has 2 aromatic rings. The Morgan fingerprint density at radius 2 is 1.70 bits per heavy atom. The smallest absolute Gasteiger partial charge is 0.240 e. The minimum atomic E-state index is -3.43. The first-order valence-electron chi connectivity index (χ1n) is 6.82. The van der Waals surface area contributed by atoms with Crippen molar-refractivity contribution in [2.75, 3.05) is 19.6 Å². The van der Waals surface area contributed by atoms with Crippen LogP contribution in [0.25, 0.3) is 10.8 Å². The van der Waals surface area contributed by atoms with Crippen LogP contribution in [0.5, 0.6) is 0 Å². The first-order chi connectivity index (χ1) is 9.63. The highest BCUT2D eigenvalue weighted by Gasteiger charge is 2.13. The molecule has 2 aromatic carbocycles. The summed E-state index contributed by atoms with van der Waals surface area (Å²) in [6, 6.07) is 12.9. The maximum atomic E-state index is 12.2. The fraction of sp³-hybridized carbons (Fsp3) is 0.333. The third kappa shape index (κ3) is 3.79. The van der Waals surface area contributed by atoms with Gasteiger partial charge < -0.3 is 5.32 Å². The van der Waals surface area contributed by atoms with Gasteiger partial charge in [-0.15, -0.1) is 0 Å². The van der Waals surface area contributed by atoms with Crippen LogP contribution in [0.4, 0.5) is 0 Å². The van der Waals surface area contributed by atoms with Crippen molar-refractivity contribution in [1.29, 1.82) is 0 Å². The van der Waals surface area contributed by atoms with Crippen molar-refractivity contribution in [3.63, 3.8) is 0 Å². The lowest BCUT2D eigenvalue weighted by Gasteiger charge is -2.08. The van der Waals surface area contributed by atoms with Gasteiger partial charge in [0, 0.05) is 13.1 Å². The molecular weight excluding hydrogens is 272 g/mol. The summed E-state index contributed by atoms with van der Waals surface area (Å²) in [6.07, 6.45) is 1.04. The lowest BCUT2D eigenvalue weighted by Crippen LogP contribution is -2.32. The highest BCUT2D eigenvalue weighted by molar-refractivity contribution is 7.89. The second-order valence-electron chi connectivity index (χ2n) is 4.66. The molecule has 4 nitrogen and oxygen atoms in total. The zero-order chi connectivity index (χ0) is 14.4. The molecule has 0 saturated carbocycles. The molecule has 2 N–H and O–H groups in total. The molecule has 0 bridgehead atoms. The molecule has 20 heavy (non-hydrogen) atoms. The Morgan fingerprint density at radius 3 is 2.45 bits per heavy atom. The number of benzene rings is 2. The fourth-order valence-corrected chi connectivity index (χ4v) is 3.06. The van der Waals surface area contributed by atoms with E-state index in [1.165, 1.54) is 0 Å². The molecule has 0 aliphatic heterocycles. The van der Waals surface area contributed by atoms with Gasteiger partial charge in [-0.25, -0.2) is 13.1 Å². The summed E-state index contributed by atoms with van der Waals surface area (Å²) >= 11 is 0. The molecule has 0 unspecified atom stereocenters. The molecule has 0 radical (unpaired) electrons. The summed E-state index contributed by atoms with van der Waals surface area (Å²) in [5.41, 5.74) is 0. The molecule has 0 aromatic heterocycles. The molecule has 0 amide bonds. The topological polar surface area (TPSA) is 58.2 Å². The second-order valence-corrected chi connectivity index (χ2v) is 6.42. The van der Waals surface area contributed by atoms with Crippen LogP contribution in [0, 0.1) is 0 Å². The average molecular weight is 292 g/mol. The van der Waals surface area contributed by atoms with E-state index in [1.54, 1.807) is 12.1 Å². The molecule has 0 aliphatic carbocycles. The second kappa shape index (κ2) is 6.83. The third-order valence-corrected chi connectivity index (χ3v) is 4.51. The van der Waals surface area contributed by atoms with Gasteiger partial charge in [-0.2, -0.15) is 0 Å². The van der Waals surface area contributed by atoms with Crippen LogP contribution >= 0.6 is 0 Å². The maximum Gasteiger partial charge on any atom is 0.240 e. The van der Waals surface area contributed by atoms with E-state index in [1.807, 2.05) is 30.3 Å². The van der Waals surface area contributed by atoms with E-state index in [-0.39, 0.29) is 0 Å². The van der Waals surface area contributed by atoms with Crippen LogP contribution in [-0.4, -0.2) is 28.1 Å². The molecule has 0 spiro atoms. The highest BCUT2D eigenvalue weighted by Crippen LogP contribution is 2.18. The van der Waals surface area contributed by atoms with Crippen molar-refractivity contribution in [2.24, 2.45) is 0 Å². The summed E-state index contributed by atoms with van der Waals surface area (Å²) in [5.74, 6) is 0. The van der Waals surface area contributed by atoms with Crippen LogP contribution in [0.3, 0.4) is 0 Å². The maximum absolute atomic E-state index is 12.2. The van der Waals surface area contributed by atoms with E-state index >= 15 is 0 Å². The molecule has 108 valence electrons. The van der Waals surface area contributed by atoms with Crippen LogP contribution in [0.2, 0.25) is 0 Å². The summed E-state index contributed by atoms with van der Waals surface area (Å²) in [7, 11) is -3.43. The Kier molecular flexibility index (Phi) is 5.11. The van der Waals surface area contributed by atoms with Crippen molar-refractivity contribution in [3.8, 4) is 0 Å². The van der Waals surface area contributed by atoms with Gasteiger partial charge in [0.05, 0.1) is 4.90 Å². The van der Waals surface area contributed by atoms with Gasteiger partial charge in [0.25, 0.3) is 0 Å². The van der Waals surface area contributed by atoms with Crippen molar-refractivity contribution in [1.82, 2.24) is 10.0 Å². The van der Waals surface area contributed by atoms with Crippen LogP contribution in [-0.2, 0) is 10.0 Å². The number of hydrogen-bond donors (Lipinski definition) is 2. The Balaban J connectivity index is 2.07. The van der Waals surface area contributed by atoms with Crippen LogP contribution < -0.4 is 10.0 Å². The van der Waals surface area contributed by atoms with Gasteiger partial charge in [0.1, 0.15) is 0 Å². The van der Waals surface area contributed by atoms with Gasteiger partial charge in [-0.3, -0.25) is 0 Å². The van der Waals surface area contributed by atoms with E-state index < -0.39 is 10.0 Å². The van der Waals surface area contributed by atoms with Crippen molar-refractivity contribution in [2.45, 2.75) is 18.2 Å². The number of rotatable bonds is 7. The van der Waals surface area contributed by atoms with Crippen LogP contribution in [0.1, 0.15) is 13.3 Å². The summed E-state index contributed by atoms with van der Waals surface area (Å²) in [6.45, 7) is 4.01. The normalized spacial score (nSPS) is 11.8. The predicted molar refractivity (Wildman–Crippen MR) is 82.3 cm³/mol. The Labute approximate surface area is 120 Å². The monoisotopic (exact) mass is 292 g/mol. The van der Waals surface area contributed by atoms with Gasteiger partial charge >= 0.3 is 0 Å². The molecule has 0 heterocycles. The van der Waals surface area contributed by atoms with Gasteiger partial charge in [-0.05, 0) is 35.9 Å². The first-order valence-corrected chi connectivity index (χ1v) is 8.31. The quantitative estimate of drug-likeness (QED) is 0.769. The number of fused-ring (bicyclic) bond motifs is 1. The lowest BCUT2D eigenvalue weighted by molar-refractivity contribution is 0.575. The van der Waals surface area contributed by atoms with Gasteiger partial charge in [0.15, 0.2) is 0 Å². The van der Waals surface area contributed by atoms with Crippen LogP contribution in [0.15, 0.2) is 47.4 Å². The van der Waals surface area contributed by atoms with E-state index in [9.17, 15) is 8.42 Å². The summed E-state index contributed by atoms with van der Waals surface area (Å²) < 4.78 is 26.9. The molecule has 0 saturated heterocycles. The summed E-state index contributed by atoms with van der Waals surface area (Å²) in [5, 5.41) is 5.13. The molecule has 0 atom stereocenters. The van der Waals surface area contributed by atoms with Crippen molar-refractivity contribution < 1.29 is 8.42 Å². The van der Waals surface area contributed by atoms with E-state index in [0.717, 1.165) is 23.7 Å². The molecule has 0 fully saturated rings. The number of sulfonamides is 1. The zero-order valence-electron chi connectivity index (χ0n) is 11.6. The zero-order valence-corrected chi connectivity index (χ0v) is 12.4. The molecular formula is C15H20N2O2S. The van der Waals surface area contributed by atoms with E-state index in [0.29, 0.717) is 18.0 Å². The van der Waals surface area contributed by atoms with E-state index in [2.05, 4.69) is 17.0 Å². The minimum Gasteiger partial charge on any atom is -0.315 e. The standard InChI is InChI=1S/C15H20N2O2S/c1-2-9-16-10-11-17-20(18,19)15-8-7-13-5-3-4-6-14(13)12-15/h3-8,12,16-17H,2,9-11H2,1H3. The van der Waals surface area contributed by atoms with E-state index in [4.69, 9.17) is 0 Å². The number of hydrogen-bond acceptors (Lipinski definition) is 3. The van der Waals surface area contributed by atoms with Gasteiger partial charge in [0.2, 0.25) is 10.0 Å². The first kappa shape index (κ1) is 15.0. The Hall–Kier alpha value is -1.43. The SMILES string of the molecule is CCCNCCNS(=O)(=O)c1ccc2ccccc2c1. The average Bonchev–Trinajstić information content (AvgIpc) is 2.46. The lowest BCUT2D eigenvalue weighted by atomic mass is 10.1. The fourth-order valence-electron chi connectivity index (χ4n) is 1.99. The third-order valence-electron chi connectivity index (χ3n) is 3.05. The predicted octanol–water partition coefficient (Wildman–Crippen LogP) is 2.12. The number of nitrogens with one attached hydrogen (secondary N) is 2. The largest absolute Gasteiger partial charge is 0.315 e. The molecule has 2 rings (SSSR count). The van der Waals surface area contributed by atoms with Gasteiger partial charge in [-0.1, -0.05) is 37.3 Å². The minimum absolute atomic E-state index is 0.312. The van der Waals surface area contributed by atoms with Crippen molar-refractivity contribution in [3.05, 3.63) is 42.5 Å². The Bertz CT molecular complexity index is 668. The molecule has 5 heteroatoms. The summed E-state index contributed by atoms with van der Waals surface area (Å²) in [4.78, 5) is 0.312. The highest BCUT2D eigenvalue weighted by atomic mass is 32.2. The Morgan fingerprint density at radius 1 is 0.950 bits per heavy atom. The van der Waals surface area contributed by atoms with Crippen molar-refractivity contribution >= 4 is 20.8 Å².